The first-order valence-corrected chi connectivity index (χ1v) is 6.98. The molecule has 0 aliphatic carbocycles. The first-order chi connectivity index (χ1) is 8.34. The molecule has 1 rings (SSSR count). The van der Waals surface area contributed by atoms with E-state index in [9.17, 15) is 0 Å². The lowest BCUT2D eigenvalue weighted by Crippen LogP contribution is -2.31. The molecule has 0 fully saturated rings. The van der Waals surface area contributed by atoms with Gasteiger partial charge in [-0.3, -0.25) is 4.68 Å². The van der Waals surface area contributed by atoms with Crippen LogP contribution >= 0.6 is 0 Å². The van der Waals surface area contributed by atoms with Gasteiger partial charge in [0.1, 0.15) is 0 Å². The van der Waals surface area contributed by atoms with Gasteiger partial charge < -0.3 is 5.32 Å². The summed E-state index contributed by atoms with van der Waals surface area (Å²) in [6, 6.07) is 2.70. The predicted octanol–water partition coefficient (Wildman–Crippen LogP) is 3.01. The maximum Gasteiger partial charge on any atom is 0.0492 e. The third-order valence-electron chi connectivity index (χ3n) is 4.20. The molecule has 0 aliphatic rings. The van der Waals surface area contributed by atoms with Crippen molar-refractivity contribution in [3.8, 4) is 0 Å². The molecule has 0 radical (unpaired) electrons. The van der Waals surface area contributed by atoms with Crippen molar-refractivity contribution in [1.29, 1.82) is 0 Å². The van der Waals surface area contributed by atoms with Crippen molar-refractivity contribution >= 4 is 0 Å². The molecule has 1 aromatic heterocycles. The van der Waals surface area contributed by atoms with Crippen LogP contribution in [0.2, 0.25) is 0 Å². The minimum atomic E-state index is 0.391. The van der Waals surface area contributed by atoms with Crippen LogP contribution in [-0.4, -0.2) is 22.9 Å². The minimum Gasteiger partial charge on any atom is -0.317 e. The molecule has 18 heavy (non-hydrogen) atoms. The summed E-state index contributed by atoms with van der Waals surface area (Å²) in [5.74, 6) is 0.724. The lowest BCUT2D eigenvalue weighted by Gasteiger charge is -2.30. The Kier molecular flexibility index (Phi) is 5.39. The lowest BCUT2D eigenvalue weighted by molar-refractivity contribution is 0.222. The van der Waals surface area contributed by atoms with Crippen LogP contribution in [0.3, 0.4) is 0 Å². The van der Waals surface area contributed by atoms with Crippen LogP contribution in [0.1, 0.15) is 46.2 Å². The fourth-order valence-electron chi connectivity index (χ4n) is 2.13. The van der Waals surface area contributed by atoms with Gasteiger partial charge >= 0.3 is 0 Å². The van der Waals surface area contributed by atoms with Gasteiger partial charge in [-0.05, 0) is 43.7 Å². The number of hydrogen-bond donors (Lipinski definition) is 1. The van der Waals surface area contributed by atoms with Gasteiger partial charge in [-0.25, -0.2) is 0 Å². The summed E-state index contributed by atoms with van der Waals surface area (Å²) in [5, 5.41) is 7.67. The Morgan fingerprint density at radius 3 is 2.50 bits per heavy atom. The number of aromatic nitrogens is 2. The largest absolute Gasteiger partial charge is 0.317 e. The highest BCUT2D eigenvalue weighted by Gasteiger charge is 2.22. The Bertz CT molecular complexity index is 349. The molecule has 0 spiro atoms. The van der Waals surface area contributed by atoms with Crippen molar-refractivity contribution in [2.24, 2.45) is 18.4 Å². The van der Waals surface area contributed by atoms with E-state index in [0.29, 0.717) is 11.5 Å². The molecule has 0 amide bonds. The molecule has 3 heteroatoms. The van der Waals surface area contributed by atoms with Crippen molar-refractivity contribution in [3.63, 3.8) is 0 Å². The van der Waals surface area contributed by atoms with Crippen LogP contribution < -0.4 is 5.32 Å². The van der Waals surface area contributed by atoms with E-state index in [1.165, 1.54) is 18.5 Å². The highest BCUT2D eigenvalue weighted by atomic mass is 15.2. The fourth-order valence-corrected chi connectivity index (χ4v) is 2.13. The maximum absolute atomic E-state index is 4.22. The zero-order valence-electron chi connectivity index (χ0n) is 12.8. The average molecular weight is 251 g/mol. The molecule has 1 heterocycles. The fraction of sp³-hybridized carbons (Fsp3) is 0.800. The van der Waals surface area contributed by atoms with Crippen molar-refractivity contribution in [2.75, 3.05) is 7.05 Å². The Morgan fingerprint density at radius 2 is 2.06 bits per heavy atom. The first kappa shape index (κ1) is 15.2. The Balaban J connectivity index is 2.45. The van der Waals surface area contributed by atoms with Crippen LogP contribution in [0.25, 0.3) is 0 Å². The SMILES string of the molecule is CNC(CCc1ccnn1C)CC(C)C(C)(C)C. The van der Waals surface area contributed by atoms with Gasteiger partial charge in [0.25, 0.3) is 0 Å². The van der Waals surface area contributed by atoms with E-state index in [1.54, 1.807) is 0 Å². The average Bonchev–Trinajstić information content (AvgIpc) is 2.68. The number of nitrogens with one attached hydrogen (secondary N) is 1. The molecule has 2 unspecified atom stereocenters. The summed E-state index contributed by atoms with van der Waals surface area (Å²) in [6.07, 6.45) is 5.38. The van der Waals surface area contributed by atoms with Crippen molar-refractivity contribution in [3.05, 3.63) is 18.0 Å². The Morgan fingerprint density at radius 1 is 1.39 bits per heavy atom. The second-order valence-electron chi connectivity index (χ2n) is 6.47. The topological polar surface area (TPSA) is 29.9 Å². The summed E-state index contributed by atoms with van der Waals surface area (Å²) >= 11 is 0. The molecule has 3 nitrogen and oxygen atoms in total. The van der Waals surface area contributed by atoms with E-state index in [4.69, 9.17) is 0 Å². The highest BCUT2D eigenvalue weighted by Crippen LogP contribution is 2.29. The van der Waals surface area contributed by atoms with Crippen LogP contribution in [0.5, 0.6) is 0 Å². The molecule has 0 aromatic carbocycles. The van der Waals surface area contributed by atoms with Gasteiger partial charge in [-0.1, -0.05) is 27.7 Å². The summed E-state index contributed by atoms with van der Waals surface area (Å²) in [5.41, 5.74) is 1.71. The summed E-state index contributed by atoms with van der Waals surface area (Å²) in [7, 11) is 4.09. The molecule has 1 N–H and O–H groups in total. The summed E-state index contributed by atoms with van der Waals surface area (Å²) < 4.78 is 1.97. The number of hydrogen-bond acceptors (Lipinski definition) is 2. The molecule has 1 aromatic rings. The zero-order valence-corrected chi connectivity index (χ0v) is 12.8. The van der Waals surface area contributed by atoms with E-state index in [1.807, 2.05) is 17.9 Å². The van der Waals surface area contributed by atoms with Crippen LogP contribution in [0.4, 0.5) is 0 Å². The van der Waals surface area contributed by atoms with E-state index in [2.05, 4.69) is 51.2 Å². The van der Waals surface area contributed by atoms with Crippen molar-refractivity contribution < 1.29 is 0 Å². The van der Waals surface area contributed by atoms with Crippen molar-refractivity contribution in [2.45, 2.75) is 53.0 Å². The van der Waals surface area contributed by atoms with Gasteiger partial charge in [0.05, 0.1) is 0 Å². The lowest BCUT2D eigenvalue weighted by atomic mass is 9.78. The monoisotopic (exact) mass is 251 g/mol. The highest BCUT2D eigenvalue weighted by molar-refractivity contribution is 5.00. The molecule has 0 aliphatic heterocycles. The Labute approximate surface area is 112 Å². The van der Waals surface area contributed by atoms with Crippen molar-refractivity contribution in [1.82, 2.24) is 15.1 Å². The third-order valence-corrected chi connectivity index (χ3v) is 4.20. The van der Waals surface area contributed by atoms with Gasteiger partial charge in [0, 0.05) is 25.0 Å². The molecule has 0 saturated heterocycles. The van der Waals surface area contributed by atoms with Gasteiger partial charge in [-0.15, -0.1) is 0 Å². The maximum atomic E-state index is 4.22. The smallest absolute Gasteiger partial charge is 0.0492 e. The summed E-state index contributed by atoms with van der Waals surface area (Å²) in [4.78, 5) is 0. The molecule has 0 saturated carbocycles. The third kappa shape index (κ3) is 4.45. The quantitative estimate of drug-likeness (QED) is 0.842. The van der Waals surface area contributed by atoms with Crippen LogP contribution in [0, 0.1) is 11.3 Å². The van der Waals surface area contributed by atoms with Gasteiger partial charge in [0.2, 0.25) is 0 Å². The molecular weight excluding hydrogens is 222 g/mol. The van der Waals surface area contributed by atoms with Crippen LogP contribution in [0.15, 0.2) is 12.3 Å². The van der Waals surface area contributed by atoms with E-state index < -0.39 is 0 Å². The second-order valence-corrected chi connectivity index (χ2v) is 6.47. The van der Waals surface area contributed by atoms with Gasteiger partial charge in [0.15, 0.2) is 0 Å². The van der Waals surface area contributed by atoms with E-state index in [-0.39, 0.29) is 0 Å². The minimum absolute atomic E-state index is 0.391. The summed E-state index contributed by atoms with van der Waals surface area (Å²) in [6.45, 7) is 9.33. The number of rotatable bonds is 6. The molecular formula is C15H29N3. The molecule has 104 valence electrons. The normalized spacial score (nSPS) is 15.7. The molecule has 2 atom stereocenters. The van der Waals surface area contributed by atoms with Gasteiger partial charge in [-0.2, -0.15) is 5.10 Å². The van der Waals surface area contributed by atoms with E-state index in [0.717, 1.165) is 12.3 Å². The van der Waals surface area contributed by atoms with Crippen LogP contribution in [-0.2, 0) is 13.5 Å². The van der Waals surface area contributed by atoms with E-state index >= 15 is 0 Å². The first-order valence-electron chi connectivity index (χ1n) is 6.98. The number of aryl methyl sites for hydroxylation is 2. The Hall–Kier alpha value is -0.830. The second kappa shape index (κ2) is 6.37. The number of nitrogens with zero attached hydrogens (tertiary/aromatic N) is 2. The zero-order chi connectivity index (χ0) is 13.8. The molecule has 0 bridgehead atoms. The predicted molar refractivity (Wildman–Crippen MR) is 77.6 cm³/mol. The standard InChI is InChI=1S/C15H29N3/c1-12(15(2,3)4)11-13(16-5)7-8-14-9-10-17-18(14)6/h9-10,12-13,16H,7-8,11H2,1-6H3.